The van der Waals surface area contributed by atoms with Gasteiger partial charge in [-0.3, -0.25) is 0 Å². The highest BCUT2D eigenvalue weighted by Crippen LogP contribution is 2.40. The standard InChI is InChI=1S/C43H25N3O2/c1-3-11-26(12-4-1)31-16-9-17-33-39-34(18-10-20-37(39)48-40(31)33)43-45-41(27-13-5-2-6-14-27)44-42(46-43)29-22-21-28-24-35-32-15-7-8-19-36(32)47-38(35)25-30(28)23-29/h1-25H. The van der Waals surface area contributed by atoms with Crippen molar-refractivity contribution in [1.29, 1.82) is 0 Å². The molecule has 0 atom stereocenters. The van der Waals surface area contributed by atoms with Crippen LogP contribution in [0.25, 0.3) is 99.9 Å². The van der Waals surface area contributed by atoms with Crippen molar-refractivity contribution in [3.05, 3.63) is 152 Å². The minimum absolute atomic E-state index is 0.588. The molecule has 0 spiro atoms. The summed E-state index contributed by atoms with van der Waals surface area (Å²) < 4.78 is 12.8. The first-order valence-electron chi connectivity index (χ1n) is 15.9. The quantitative estimate of drug-likeness (QED) is 0.197. The zero-order valence-electron chi connectivity index (χ0n) is 25.6. The second-order valence-electron chi connectivity index (χ2n) is 12.0. The molecule has 5 heteroatoms. The van der Waals surface area contributed by atoms with Gasteiger partial charge >= 0.3 is 0 Å². The molecule has 7 aromatic carbocycles. The van der Waals surface area contributed by atoms with E-state index in [2.05, 4.69) is 72.8 Å². The third kappa shape index (κ3) is 4.22. The van der Waals surface area contributed by atoms with Crippen molar-refractivity contribution in [3.8, 4) is 45.3 Å². The van der Waals surface area contributed by atoms with Crippen LogP contribution in [0.3, 0.4) is 0 Å². The van der Waals surface area contributed by atoms with E-state index in [1.54, 1.807) is 0 Å². The van der Waals surface area contributed by atoms with Crippen LogP contribution in [0.1, 0.15) is 0 Å². The molecule has 0 aliphatic carbocycles. The van der Waals surface area contributed by atoms with Crippen molar-refractivity contribution >= 4 is 54.6 Å². The molecule has 0 amide bonds. The van der Waals surface area contributed by atoms with Crippen molar-refractivity contribution in [2.45, 2.75) is 0 Å². The average molecular weight is 616 g/mol. The Morgan fingerprint density at radius 3 is 1.88 bits per heavy atom. The molecule has 48 heavy (non-hydrogen) atoms. The SMILES string of the molecule is c1ccc(-c2nc(-c3ccc4cc5c(cc4c3)oc3ccccc35)nc(-c3cccc4oc5c(-c6ccccc6)cccc5c34)n2)cc1. The van der Waals surface area contributed by atoms with Crippen molar-refractivity contribution in [2.75, 3.05) is 0 Å². The van der Waals surface area contributed by atoms with Gasteiger partial charge in [-0.25, -0.2) is 15.0 Å². The molecule has 0 saturated heterocycles. The highest BCUT2D eigenvalue weighted by molar-refractivity contribution is 6.15. The molecule has 10 rings (SSSR count). The molecule has 0 saturated carbocycles. The molecule has 0 bridgehead atoms. The molecule has 0 fully saturated rings. The lowest BCUT2D eigenvalue weighted by Gasteiger charge is -2.10. The number of aromatic nitrogens is 3. The molecule has 3 aromatic heterocycles. The Bertz CT molecular complexity index is 2840. The van der Waals surface area contributed by atoms with Gasteiger partial charge < -0.3 is 8.83 Å². The summed E-state index contributed by atoms with van der Waals surface area (Å²) in [6, 6.07) is 51.6. The number of nitrogens with zero attached hydrogens (tertiary/aromatic N) is 3. The van der Waals surface area contributed by atoms with Gasteiger partial charge in [0.1, 0.15) is 22.3 Å². The lowest BCUT2D eigenvalue weighted by Crippen LogP contribution is -2.00. The first kappa shape index (κ1) is 26.6. The van der Waals surface area contributed by atoms with Crippen LogP contribution in [-0.4, -0.2) is 15.0 Å². The van der Waals surface area contributed by atoms with Gasteiger partial charge in [0.2, 0.25) is 0 Å². The van der Waals surface area contributed by atoms with E-state index in [1.807, 2.05) is 78.9 Å². The van der Waals surface area contributed by atoms with Gasteiger partial charge in [-0.1, -0.05) is 121 Å². The smallest absolute Gasteiger partial charge is 0.164 e. The molecule has 0 unspecified atom stereocenters. The largest absolute Gasteiger partial charge is 0.456 e. The maximum absolute atomic E-state index is 6.55. The predicted octanol–water partition coefficient (Wildman–Crippen LogP) is 11.5. The maximum atomic E-state index is 6.55. The Balaban J connectivity index is 1.19. The highest BCUT2D eigenvalue weighted by atomic mass is 16.3. The van der Waals surface area contributed by atoms with Crippen molar-refractivity contribution in [2.24, 2.45) is 0 Å². The number of hydrogen-bond acceptors (Lipinski definition) is 5. The van der Waals surface area contributed by atoms with Crippen molar-refractivity contribution < 1.29 is 8.83 Å². The summed E-state index contributed by atoms with van der Waals surface area (Å²) in [4.78, 5) is 15.2. The fourth-order valence-corrected chi connectivity index (χ4v) is 6.83. The number of para-hydroxylation sites is 2. The Hall–Kier alpha value is -6.59. The summed E-state index contributed by atoms with van der Waals surface area (Å²) in [5.74, 6) is 1.79. The van der Waals surface area contributed by atoms with Crippen LogP contribution in [0.15, 0.2) is 160 Å². The van der Waals surface area contributed by atoms with E-state index in [0.717, 1.165) is 82.5 Å². The molecule has 0 aliphatic rings. The van der Waals surface area contributed by atoms with Crippen LogP contribution < -0.4 is 0 Å². The zero-order chi connectivity index (χ0) is 31.6. The van der Waals surface area contributed by atoms with Crippen molar-refractivity contribution in [3.63, 3.8) is 0 Å². The Morgan fingerprint density at radius 2 is 1.02 bits per heavy atom. The summed E-state index contributed by atoms with van der Waals surface area (Å²) in [6.07, 6.45) is 0. The lowest BCUT2D eigenvalue weighted by molar-refractivity contribution is 0.669. The minimum Gasteiger partial charge on any atom is -0.456 e. The van der Waals surface area contributed by atoms with Gasteiger partial charge in [-0.15, -0.1) is 0 Å². The van der Waals surface area contributed by atoms with Gasteiger partial charge in [0.25, 0.3) is 0 Å². The second-order valence-corrected chi connectivity index (χ2v) is 12.0. The second kappa shape index (κ2) is 10.5. The fourth-order valence-electron chi connectivity index (χ4n) is 6.83. The molecule has 3 heterocycles. The van der Waals surface area contributed by atoms with E-state index >= 15 is 0 Å². The number of rotatable bonds is 4. The van der Waals surface area contributed by atoms with E-state index in [0.29, 0.717) is 17.5 Å². The zero-order valence-corrected chi connectivity index (χ0v) is 25.6. The summed E-state index contributed by atoms with van der Waals surface area (Å²) in [5.41, 5.74) is 8.23. The first-order valence-corrected chi connectivity index (χ1v) is 15.9. The molecular weight excluding hydrogens is 590 g/mol. The Kier molecular flexibility index (Phi) is 5.81. The molecule has 224 valence electrons. The molecule has 0 N–H and O–H groups in total. The summed E-state index contributed by atoms with van der Waals surface area (Å²) in [5, 5.41) is 6.40. The van der Waals surface area contributed by atoms with E-state index < -0.39 is 0 Å². The molecule has 0 radical (unpaired) electrons. The average Bonchev–Trinajstić information content (AvgIpc) is 3.72. The Labute approximate surface area is 274 Å². The fraction of sp³-hybridized carbons (Fsp3) is 0. The molecular formula is C43H25N3O2. The first-order chi connectivity index (χ1) is 23.8. The van der Waals surface area contributed by atoms with E-state index in [-0.39, 0.29) is 0 Å². The van der Waals surface area contributed by atoms with Crippen molar-refractivity contribution in [1.82, 2.24) is 15.0 Å². The van der Waals surface area contributed by atoms with Gasteiger partial charge in [-0.05, 0) is 46.7 Å². The number of fused-ring (bicyclic) bond motifs is 7. The van der Waals surface area contributed by atoms with Crippen LogP contribution >= 0.6 is 0 Å². The van der Waals surface area contributed by atoms with Gasteiger partial charge in [-0.2, -0.15) is 0 Å². The van der Waals surface area contributed by atoms with Crippen LogP contribution in [-0.2, 0) is 0 Å². The van der Waals surface area contributed by atoms with Crippen LogP contribution in [0.2, 0.25) is 0 Å². The third-order valence-corrected chi connectivity index (χ3v) is 9.11. The highest BCUT2D eigenvalue weighted by Gasteiger charge is 2.20. The summed E-state index contributed by atoms with van der Waals surface area (Å²) >= 11 is 0. The van der Waals surface area contributed by atoms with Gasteiger partial charge in [0, 0.05) is 43.8 Å². The summed E-state index contributed by atoms with van der Waals surface area (Å²) in [6.45, 7) is 0. The normalized spacial score (nSPS) is 11.8. The number of furan rings is 2. The Morgan fingerprint density at radius 1 is 0.354 bits per heavy atom. The lowest BCUT2D eigenvalue weighted by atomic mass is 10.0. The van der Waals surface area contributed by atoms with E-state index in [1.165, 1.54) is 0 Å². The van der Waals surface area contributed by atoms with Crippen LogP contribution in [0.4, 0.5) is 0 Å². The maximum Gasteiger partial charge on any atom is 0.164 e. The van der Waals surface area contributed by atoms with E-state index in [4.69, 9.17) is 23.8 Å². The number of hydrogen-bond donors (Lipinski definition) is 0. The molecule has 5 nitrogen and oxygen atoms in total. The summed E-state index contributed by atoms with van der Waals surface area (Å²) in [7, 11) is 0. The van der Waals surface area contributed by atoms with Gasteiger partial charge in [0.15, 0.2) is 17.5 Å². The van der Waals surface area contributed by atoms with Crippen LogP contribution in [0, 0.1) is 0 Å². The van der Waals surface area contributed by atoms with Crippen LogP contribution in [0.5, 0.6) is 0 Å². The monoisotopic (exact) mass is 615 g/mol. The minimum atomic E-state index is 0.588. The van der Waals surface area contributed by atoms with E-state index in [9.17, 15) is 0 Å². The molecule has 0 aliphatic heterocycles. The number of benzene rings is 7. The third-order valence-electron chi connectivity index (χ3n) is 9.11. The predicted molar refractivity (Wildman–Crippen MR) is 194 cm³/mol. The molecule has 10 aromatic rings. The van der Waals surface area contributed by atoms with Gasteiger partial charge in [0.05, 0.1) is 0 Å². The topological polar surface area (TPSA) is 65.0 Å².